The average molecular weight is 448 g/mol. The Morgan fingerprint density at radius 1 is 1.27 bits per heavy atom. The molecule has 0 bridgehead atoms. The van der Waals surface area contributed by atoms with Gasteiger partial charge in [-0.2, -0.15) is 0 Å². The third-order valence-corrected chi connectivity index (χ3v) is 6.09. The van der Waals surface area contributed by atoms with Crippen LogP contribution in [0.1, 0.15) is 32.9 Å². The number of nitrogens with zero attached hydrogens (tertiary/aromatic N) is 2. The van der Waals surface area contributed by atoms with E-state index in [0.29, 0.717) is 33.1 Å². The predicted molar refractivity (Wildman–Crippen MR) is 115 cm³/mol. The first kappa shape index (κ1) is 22.2. The highest BCUT2D eigenvalue weighted by atomic mass is 35.5. The second kappa shape index (κ2) is 8.31. The number of halogens is 1. The van der Waals surface area contributed by atoms with Crippen molar-refractivity contribution in [3.05, 3.63) is 88.0 Å². The fraction of sp³-hybridized carbons (Fsp3) is 0.238. The zero-order chi connectivity index (χ0) is 22.1. The summed E-state index contributed by atoms with van der Waals surface area (Å²) < 4.78 is 25.3. The highest BCUT2D eigenvalue weighted by Crippen LogP contribution is 2.29. The largest absolute Gasteiger partial charge is 0.384 e. The molecule has 0 aliphatic rings. The van der Waals surface area contributed by atoms with Crippen LogP contribution in [0.25, 0.3) is 0 Å². The summed E-state index contributed by atoms with van der Waals surface area (Å²) in [6.45, 7) is 1.79. The molecule has 0 radical (unpaired) electrons. The molecular formula is C21H22ClN3O4S. The molecule has 0 saturated carbocycles. The number of hydrogen-bond donors (Lipinski definition) is 2. The Kier molecular flexibility index (Phi) is 6.14. The maximum Gasteiger partial charge on any atom is 0.212 e. The number of nitrogens with two attached hydrogens (primary N) is 1. The summed E-state index contributed by atoms with van der Waals surface area (Å²) in [6.07, 6.45) is 2.86. The minimum absolute atomic E-state index is 0.0691. The lowest BCUT2D eigenvalue weighted by Crippen LogP contribution is -2.40. The Morgan fingerprint density at radius 2 is 1.93 bits per heavy atom. The van der Waals surface area contributed by atoms with Crippen LogP contribution in [0.2, 0.25) is 5.02 Å². The standard InChI is InChI=1S/C21H22ClN3O4S/c1-14-10-18(25(2)19(14)20(26)15-5-7-17(22)8-6-15)11-21(27,13-30(23,28)29)16-4-3-9-24-12-16/h3-10,12,27H,11,13H2,1-2H3,(H2,23,28,29). The zero-order valence-corrected chi connectivity index (χ0v) is 18.1. The van der Waals surface area contributed by atoms with Crippen molar-refractivity contribution in [2.75, 3.05) is 5.75 Å². The topological polar surface area (TPSA) is 115 Å². The molecule has 30 heavy (non-hydrogen) atoms. The lowest BCUT2D eigenvalue weighted by Gasteiger charge is -2.27. The molecule has 1 unspecified atom stereocenters. The van der Waals surface area contributed by atoms with Gasteiger partial charge in [-0.15, -0.1) is 0 Å². The number of ketones is 1. The van der Waals surface area contributed by atoms with Crippen molar-refractivity contribution < 1.29 is 18.3 Å². The number of aromatic nitrogens is 2. The third kappa shape index (κ3) is 4.79. The fourth-order valence-electron chi connectivity index (χ4n) is 3.57. The van der Waals surface area contributed by atoms with Gasteiger partial charge in [0.25, 0.3) is 0 Å². The number of benzene rings is 1. The number of hydrogen-bond acceptors (Lipinski definition) is 5. The Balaban J connectivity index is 2.02. The van der Waals surface area contributed by atoms with Gasteiger partial charge in [0.15, 0.2) is 0 Å². The number of carbonyl (C=O) groups excluding carboxylic acids is 1. The van der Waals surface area contributed by atoms with Gasteiger partial charge in [0.2, 0.25) is 15.8 Å². The van der Waals surface area contributed by atoms with E-state index in [4.69, 9.17) is 16.7 Å². The summed E-state index contributed by atoms with van der Waals surface area (Å²) in [6, 6.07) is 11.5. The molecule has 2 heterocycles. The minimum Gasteiger partial charge on any atom is -0.384 e. The van der Waals surface area contributed by atoms with Crippen LogP contribution in [0.15, 0.2) is 54.9 Å². The fourth-order valence-corrected chi connectivity index (χ4v) is 4.63. The SMILES string of the molecule is Cc1cc(CC(O)(CS(N)(=O)=O)c2cccnc2)n(C)c1C(=O)c1ccc(Cl)cc1. The summed E-state index contributed by atoms with van der Waals surface area (Å²) in [5, 5.41) is 17.0. The molecule has 1 aromatic carbocycles. The first-order chi connectivity index (χ1) is 14.0. The number of sulfonamides is 1. The number of rotatable bonds is 7. The second-order valence-electron chi connectivity index (χ2n) is 7.32. The van der Waals surface area contributed by atoms with Gasteiger partial charge in [-0.3, -0.25) is 9.78 Å². The van der Waals surface area contributed by atoms with Crippen molar-refractivity contribution in [2.45, 2.75) is 18.9 Å². The second-order valence-corrected chi connectivity index (χ2v) is 9.37. The average Bonchev–Trinajstić information content (AvgIpc) is 2.94. The van der Waals surface area contributed by atoms with E-state index in [1.807, 2.05) is 0 Å². The molecule has 3 N–H and O–H groups in total. The van der Waals surface area contributed by atoms with Gasteiger partial charge >= 0.3 is 0 Å². The first-order valence-electron chi connectivity index (χ1n) is 9.09. The molecule has 158 valence electrons. The predicted octanol–water partition coefficient (Wildman–Crippen LogP) is 2.33. The highest BCUT2D eigenvalue weighted by molar-refractivity contribution is 7.89. The molecule has 0 spiro atoms. The van der Waals surface area contributed by atoms with Crippen molar-refractivity contribution >= 4 is 27.4 Å². The Labute approximate surface area is 180 Å². The number of aliphatic hydroxyl groups is 1. The number of primary sulfonamides is 1. The van der Waals surface area contributed by atoms with Crippen LogP contribution in [0.5, 0.6) is 0 Å². The number of pyridine rings is 1. The van der Waals surface area contributed by atoms with Crippen LogP contribution in [0.4, 0.5) is 0 Å². The Hall–Kier alpha value is -2.52. The van der Waals surface area contributed by atoms with Crippen LogP contribution in [0.3, 0.4) is 0 Å². The number of carbonyl (C=O) groups is 1. The van der Waals surface area contributed by atoms with Crippen molar-refractivity contribution in [1.29, 1.82) is 0 Å². The normalized spacial score (nSPS) is 13.8. The van der Waals surface area contributed by atoms with Gasteiger partial charge in [0.05, 0.1) is 11.4 Å². The summed E-state index contributed by atoms with van der Waals surface area (Å²) in [5.41, 5.74) is 0.722. The monoisotopic (exact) mass is 447 g/mol. The van der Waals surface area contributed by atoms with Gasteiger partial charge in [-0.05, 0) is 48.9 Å². The van der Waals surface area contributed by atoms with E-state index in [0.717, 1.165) is 0 Å². The van der Waals surface area contributed by atoms with Crippen LogP contribution >= 0.6 is 11.6 Å². The van der Waals surface area contributed by atoms with E-state index < -0.39 is 21.4 Å². The van der Waals surface area contributed by atoms with E-state index in [1.54, 1.807) is 61.0 Å². The molecule has 1 atom stereocenters. The van der Waals surface area contributed by atoms with E-state index in [2.05, 4.69) is 4.98 Å². The van der Waals surface area contributed by atoms with Crippen LogP contribution < -0.4 is 5.14 Å². The summed E-state index contributed by atoms with van der Waals surface area (Å²) >= 11 is 5.90. The van der Waals surface area contributed by atoms with Crippen LogP contribution in [0, 0.1) is 6.92 Å². The molecule has 0 aliphatic carbocycles. The lowest BCUT2D eigenvalue weighted by molar-refractivity contribution is 0.0588. The van der Waals surface area contributed by atoms with Crippen LogP contribution in [-0.2, 0) is 29.1 Å². The first-order valence-corrected chi connectivity index (χ1v) is 11.2. The molecule has 3 aromatic rings. The van der Waals surface area contributed by atoms with Crippen molar-refractivity contribution in [2.24, 2.45) is 12.2 Å². The van der Waals surface area contributed by atoms with Crippen LogP contribution in [-0.4, -0.2) is 34.6 Å². The molecule has 3 rings (SSSR count). The quantitative estimate of drug-likeness (QED) is 0.539. The molecule has 0 aliphatic heterocycles. The number of aryl methyl sites for hydroxylation is 1. The van der Waals surface area contributed by atoms with E-state index in [1.165, 1.54) is 12.4 Å². The van der Waals surface area contributed by atoms with Crippen molar-refractivity contribution in [3.63, 3.8) is 0 Å². The van der Waals surface area contributed by atoms with E-state index in [9.17, 15) is 18.3 Å². The molecule has 0 fully saturated rings. The smallest absolute Gasteiger partial charge is 0.212 e. The molecule has 2 aromatic heterocycles. The lowest BCUT2D eigenvalue weighted by atomic mass is 9.92. The summed E-state index contributed by atoms with van der Waals surface area (Å²) in [4.78, 5) is 17.0. The molecule has 0 amide bonds. The van der Waals surface area contributed by atoms with Crippen molar-refractivity contribution in [3.8, 4) is 0 Å². The Morgan fingerprint density at radius 3 is 2.50 bits per heavy atom. The summed E-state index contributed by atoms with van der Waals surface area (Å²) in [7, 11) is -2.30. The summed E-state index contributed by atoms with van der Waals surface area (Å²) in [5.74, 6) is -0.884. The van der Waals surface area contributed by atoms with Gasteiger partial charge in [0, 0.05) is 47.7 Å². The van der Waals surface area contributed by atoms with Crippen molar-refractivity contribution in [1.82, 2.24) is 9.55 Å². The maximum atomic E-state index is 13.0. The molecule has 9 heteroatoms. The van der Waals surface area contributed by atoms with Gasteiger partial charge in [0.1, 0.15) is 5.60 Å². The molecule has 0 saturated heterocycles. The van der Waals surface area contributed by atoms with E-state index in [-0.39, 0.29) is 12.2 Å². The molecule has 7 nitrogen and oxygen atoms in total. The Bertz CT molecular complexity index is 1170. The van der Waals surface area contributed by atoms with Gasteiger partial charge in [-0.25, -0.2) is 13.6 Å². The zero-order valence-electron chi connectivity index (χ0n) is 16.5. The van der Waals surface area contributed by atoms with Gasteiger partial charge < -0.3 is 9.67 Å². The maximum absolute atomic E-state index is 13.0. The third-order valence-electron chi connectivity index (χ3n) is 4.96. The minimum atomic E-state index is -4.00. The van der Waals surface area contributed by atoms with Gasteiger partial charge in [-0.1, -0.05) is 17.7 Å². The van der Waals surface area contributed by atoms with E-state index >= 15 is 0 Å². The highest BCUT2D eigenvalue weighted by Gasteiger charge is 2.36. The molecular weight excluding hydrogens is 426 g/mol.